The Morgan fingerprint density at radius 1 is 0.742 bits per heavy atom. The number of aromatic hydroxyl groups is 2. The minimum atomic E-state index is -11.2. The van der Waals surface area contributed by atoms with Crippen molar-refractivity contribution in [2.24, 2.45) is 9.98 Å². The van der Waals surface area contributed by atoms with Crippen molar-refractivity contribution in [1.82, 2.24) is 0 Å². The van der Waals surface area contributed by atoms with Gasteiger partial charge < -0.3 is 26.2 Å². The summed E-state index contributed by atoms with van der Waals surface area (Å²) in [7, 11) is 0. The zero-order chi connectivity index (χ0) is 22.6. The molecule has 0 spiro atoms. The van der Waals surface area contributed by atoms with Crippen molar-refractivity contribution in [1.29, 1.82) is 0 Å². The molecule has 31 heavy (non-hydrogen) atoms. The van der Waals surface area contributed by atoms with Crippen molar-refractivity contribution < 1.29 is 52.0 Å². The second-order valence-electron chi connectivity index (χ2n) is 5.15. The minimum Gasteiger partial charge on any atom is -0.577 e. The number of para-hydroxylation sites is 2. The molecule has 0 radical (unpaired) electrons. The summed E-state index contributed by atoms with van der Waals surface area (Å²) in [4.78, 5) is 15.6. The van der Waals surface area contributed by atoms with E-state index in [0.29, 0.717) is 24.2 Å². The molecule has 0 unspecified atom stereocenters. The van der Waals surface area contributed by atoms with Gasteiger partial charge in [-0.15, -0.1) is 0 Å². The molecule has 2 aromatic carbocycles. The molecule has 0 aliphatic heterocycles. The van der Waals surface area contributed by atoms with Crippen molar-refractivity contribution in [3.8, 4) is 11.5 Å². The van der Waals surface area contributed by atoms with E-state index in [0.717, 1.165) is 0 Å². The molecule has 7 nitrogen and oxygen atoms in total. The quantitative estimate of drug-likeness (QED) is 0.216. The van der Waals surface area contributed by atoms with Gasteiger partial charge in [0.15, 0.2) is 0 Å². The predicted molar refractivity (Wildman–Crippen MR) is 104 cm³/mol. The van der Waals surface area contributed by atoms with Crippen LogP contribution >= 0.6 is 0 Å². The van der Waals surface area contributed by atoms with Gasteiger partial charge in [-0.3, -0.25) is 9.98 Å². The van der Waals surface area contributed by atoms with Gasteiger partial charge in [-0.1, -0.05) is 24.3 Å². The smallest absolute Gasteiger partial charge is 0.577 e. The Labute approximate surface area is 188 Å². The summed E-state index contributed by atoms with van der Waals surface area (Å²) in [5.41, 5.74) is 7.13. The van der Waals surface area contributed by atoms with E-state index in [4.69, 9.17) is 10.5 Å². The number of phenolic OH excluding ortho intramolecular Hbond substituents is 2. The van der Waals surface area contributed by atoms with Gasteiger partial charge in [0.25, 0.3) is 0 Å². The van der Waals surface area contributed by atoms with E-state index in [1.54, 1.807) is 48.8 Å². The number of hydrogen-bond donors (Lipinski definition) is 2. The predicted octanol–water partition coefficient (Wildman–Crippen LogP) is 4.27. The number of benzene rings is 2. The summed E-state index contributed by atoms with van der Waals surface area (Å²) in [5, 5.41) is 19.1. The Balaban J connectivity index is -0.000000614. The fourth-order valence-corrected chi connectivity index (χ4v) is 1.63. The normalized spacial score (nSPS) is 12.7. The molecule has 0 aromatic heterocycles. The molecule has 0 fully saturated rings. The molecule has 0 heterocycles. The largest absolute Gasteiger partial charge is 2.00 e. The maximum atomic E-state index is 9.93. The van der Waals surface area contributed by atoms with Crippen LogP contribution < -0.4 is 0 Å². The maximum absolute atomic E-state index is 11.2. The second kappa shape index (κ2) is 13.4. The van der Waals surface area contributed by atoms with Crippen LogP contribution in [0.25, 0.3) is 5.59 Å². The first-order chi connectivity index (χ1) is 13.2. The van der Waals surface area contributed by atoms with Gasteiger partial charge in [-0.25, -0.2) is 0 Å². The van der Waals surface area contributed by atoms with Crippen LogP contribution in [0.2, 0.25) is 0 Å². The number of hydrogen-bond acceptors (Lipinski definition) is 5. The van der Waals surface area contributed by atoms with E-state index >= 15 is 0 Å². The van der Waals surface area contributed by atoms with Crippen LogP contribution in [0.4, 0.5) is 16.9 Å². The van der Waals surface area contributed by atoms with Gasteiger partial charge in [0.05, 0.1) is 13.1 Å². The molecule has 176 valence electrons. The average Bonchev–Trinajstić information content (AvgIpc) is 2.60. The van der Waals surface area contributed by atoms with Crippen LogP contribution in [-0.2, 0) is 19.5 Å². The molecule has 0 saturated carbocycles. The number of phenols is 2. The first-order valence-corrected chi connectivity index (χ1v) is 13.3. The van der Waals surface area contributed by atoms with Crippen LogP contribution in [0.3, 0.4) is 0 Å². The van der Waals surface area contributed by atoms with Crippen molar-refractivity contribution in [3.05, 3.63) is 70.2 Å². The molecule has 0 amide bonds. The van der Waals surface area contributed by atoms with Gasteiger partial charge in [-0.2, -0.15) is 0 Å². The summed E-state index contributed by atoms with van der Waals surface area (Å²) in [6, 6.07) is 14.1. The van der Waals surface area contributed by atoms with Gasteiger partial charge in [0, 0.05) is 23.6 Å². The summed E-state index contributed by atoms with van der Waals surface area (Å²) in [5.74, 6) is 0.433. The fourth-order valence-electron chi connectivity index (χ4n) is 1.63. The number of nitroso groups, excluding NO2 is 1. The van der Waals surface area contributed by atoms with E-state index in [1.807, 2.05) is 12.1 Å². The first-order valence-electron chi connectivity index (χ1n) is 7.52. The third-order valence-electron chi connectivity index (χ3n) is 2.69. The topological polar surface area (TPSA) is 136 Å². The molecular formula is C16H18F6N3O4RuSb. The average molecular weight is 653 g/mol. The van der Waals surface area contributed by atoms with Crippen LogP contribution in [0.5, 0.6) is 11.5 Å². The van der Waals surface area contributed by atoms with E-state index in [-0.39, 0.29) is 36.5 Å². The van der Waals surface area contributed by atoms with Crippen LogP contribution in [-0.4, -0.2) is 60.7 Å². The van der Waals surface area contributed by atoms with Crippen molar-refractivity contribution >= 4 is 31.9 Å². The molecule has 2 rings (SSSR count). The van der Waals surface area contributed by atoms with Gasteiger partial charge in [0.2, 0.25) is 0 Å². The van der Waals surface area contributed by atoms with Crippen molar-refractivity contribution in [2.45, 2.75) is 0 Å². The SMILES string of the molecule is O.Oc1ccccc1C=NCCN=Cc1ccccc1O.[F][Sb-]([F])([F])([F])([F])[F].[N-]=O.[Ru+2]. The summed E-state index contributed by atoms with van der Waals surface area (Å²) in [6.45, 7) is 1.05. The molecule has 0 aliphatic carbocycles. The molecule has 0 bridgehead atoms. The fraction of sp³-hybridized carbons (Fsp3) is 0.125. The third kappa shape index (κ3) is 22.5. The number of halogens is 6. The summed E-state index contributed by atoms with van der Waals surface area (Å²) < 4.78 is 59.6. The van der Waals surface area contributed by atoms with E-state index in [1.165, 1.54) is 0 Å². The minimum absolute atomic E-state index is 0. The number of aliphatic imine (C=N–C) groups is 2. The third-order valence-corrected chi connectivity index (χ3v) is 2.69. The van der Waals surface area contributed by atoms with Crippen molar-refractivity contribution in [2.75, 3.05) is 13.1 Å². The molecular weight excluding hydrogens is 635 g/mol. The summed E-state index contributed by atoms with van der Waals surface area (Å²) in [6.07, 6.45) is 3.26. The Kier molecular flexibility index (Phi) is 14.5. The molecule has 15 heteroatoms. The molecule has 0 atom stereocenters. The Hall–Kier alpha value is -2.04. The zero-order valence-corrected chi connectivity index (χ0v) is 19.7. The molecule has 2 aromatic rings. The number of rotatable bonds is 5. The van der Waals surface area contributed by atoms with Crippen LogP contribution in [0.1, 0.15) is 11.1 Å². The molecule has 0 saturated heterocycles. The molecule has 0 aliphatic rings. The number of nitrogens with zero attached hydrogens (tertiary/aromatic N) is 3. The van der Waals surface area contributed by atoms with E-state index < -0.39 is 19.5 Å². The van der Waals surface area contributed by atoms with Gasteiger partial charge in [-0.05, 0) is 24.3 Å². The van der Waals surface area contributed by atoms with Crippen LogP contribution in [0.15, 0.2) is 58.5 Å². The Morgan fingerprint density at radius 2 is 1.00 bits per heavy atom. The second-order valence-corrected chi connectivity index (χ2v) is 10.6. The van der Waals surface area contributed by atoms with Crippen LogP contribution in [0, 0.1) is 4.91 Å². The van der Waals surface area contributed by atoms with Crippen molar-refractivity contribution in [3.63, 3.8) is 0 Å². The summed E-state index contributed by atoms with van der Waals surface area (Å²) >= 11 is -11.2. The van der Waals surface area contributed by atoms with E-state index in [9.17, 15) is 27.1 Å². The Morgan fingerprint density at radius 3 is 1.26 bits per heavy atom. The standard InChI is InChI=1S/C16H16N2O2.6FH.NO.H2O.Ru.Sb/c19-15-7-3-1-5-13(15)11-17-9-10-18-12-14-6-2-4-8-16(14)20;;;;;;;1-2;;;/h1-8,11-12,19-20H,9-10H2;6*1H;;1H2;;/q;;;;;;;-1;;+2;+5/p-6. The Bertz CT molecular complexity index is 788. The van der Waals surface area contributed by atoms with Gasteiger partial charge >= 0.3 is 55.8 Å². The zero-order valence-electron chi connectivity index (χ0n) is 15.4. The first kappa shape index (κ1) is 33.6. The van der Waals surface area contributed by atoms with E-state index in [2.05, 4.69) is 9.98 Å². The molecule has 4 N–H and O–H groups in total. The van der Waals surface area contributed by atoms with Gasteiger partial charge in [0.1, 0.15) is 11.5 Å². The maximum Gasteiger partial charge on any atom is 2.00 e. The monoisotopic (exact) mass is 653 g/mol.